The van der Waals surface area contributed by atoms with Crippen LogP contribution >= 0.6 is 15.9 Å². The van der Waals surface area contributed by atoms with E-state index in [-0.39, 0.29) is 0 Å². The first-order valence-electron chi connectivity index (χ1n) is 5.70. The van der Waals surface area contributed by atoms with Crippen molar-refractivity contribution in [2.75, 3.05) is 0 Å². The van der Waals surface area contributed by atoms with Crippen molar-refractivity contribution in [1.82, 2.24) is 5.32 Å². The predicted molar refractivity (Wildman–Crippen MR) is 60.5 cm³/mol. The van der Waals surface area contributed by atoms with Gasteiger partial charge in [0.1, 0.15) is 0 Å². The van der Waals surface area contributed by atoms with E-state index in [0.29, 0.717) is 22.7 Å². The molecule has 80 valence electrons. The molecule has 2 aliphatic carbocycles. The maximum Gasteiger partial charge on any atom is 0.223 e. The Labute approximate surface area is 94.0 Å². The van der Waals surface area contributed by atoms with Gasteiger partial charge in [-0.2, -0.15) is 0 Å². The van der Waals surface area contributed by atoms with Crippen molar-refractivity contribution < 1.29 is 4.79 Å². The van der Waals surface area contributed by atoms with Crippen molar-refractivity contribution in [3.8, 4) is 0 Å². The Kier molecular flexibility index (Phi) is 3.47. The molecule has 0 unspecified atom stereocenters. The zero-order valence-corrected chi connectivity index (χ0v) is 10.1. The molecule has 0 bridgehead atoms. The lowest BCUT2D eigenvalue weighted by molar-refractivity contribution is -0.128. The molecule has 2 saturated carbocycles. The maximum absolute atomic E-state index is 11.7. The van der Waals surface area contributed by atoms with Crippen LogP contribution in [0.15, 0.2) is 0 Å². The number of nitrogens with one attached hydrogen (secondary N) is 1. The predicted octanol–water partition coefficient (Wildman–Crippen LogP) is 2.61. The van der Waals surface area contributed by atoms with E-state index in [1.165, 1.54) is 19.3 Å². The fourth-order valence-electron chi connectivity index (χ4n) is 2.19. The molecule has 0 radical (unpaired) electrons. The maximum atomic E-state index is 11.7. The van der Waals surface area contributed by atoms with Crippen LogP contribution in [0.3, 0.4) is 0 Å². The third-order valence-corrected chi connectivity index (χ3v) is 4.39. The zero-order valence-electron chi connectivity index (χ0n) is 8.47. The average Bonchev–Trinajstić information content (AvgIpc) is 2.06. The van der Waals surface area contributed by atoms with E-state index in [2.05, 4.69) is 21.2 Å². The Balaban J connectivity index is 1.71. The van der Waals surface area contributed by atoms with Crippen LogP contribution in [-0.2, 0) is 4.79 Å². The van der Waals surface area contributed by atoms with E-state index in [9.17, 15) is 4.79 Å². The Bertz CT molecular complexity index is 207. The lowest BCUT2D eigenvalue weighted by Gasteiger charge is -2.30. The molecule has 0 saturated heterocycles. The highest BCUT2D eigenvalue weighted by molar-refractivity contribution is 9.09. The van der Waals surface area contributed by atoms with Crippen molar-refractivity contribution in [2.45, 2.75) is 55.8 Å². The van der Waals surface area contributed by atoms with Crippen LogP contribution < -0.4 is 5.32 Å². The van der Waals surface area contributed by atoms with Crippen molar-refractivity contribution >= 4 is 21.8 Å². The molecule has 3 heteroatoms. The van der Waals surface area contributed by atoms with Gasteiger partial charge in [0, 0.05) is 16.8 Å². The summed E-state index contributed by atoms with van der Waals surface area (Å²) in [4.78, 5) is 12.3. The molecule has 1 amide bonds. The lowest BCUT2D eigenvalue weighted by Crippen LogP contribution is -2.42. The summed E-state index contributed by atoms with van der Waals surface area (Å²) in [7, 11) is 0. The second-order valence-corrected chi connectivity index (χ2v) is 5.88. The summed E-state index contributed by atoms with van der Waals surface area (Å²) in [6.45, 7) is 0. The molecule has 0 aromatic heterocycles. The number of carbonyl (C=O) groups is 1. The van der Waals surface area contributed by atoms with Crippen molar-refractivity contribution in [2.24, 2.45) is 5.92 Å². The van der Waals surface area contributed by atoms with Crippen LogP contribution in [0.25, 0.3) is 0 Å². The third-order valence-electron chi connectivity index (χ3n) is 3.48. The number of amides is 1. The van der Waals surface area contributed by atoms with Gasteiger partial charge in [-0.3, -0.25) is 4.79 Å². The normalized spacial score (nSPS) is 33.5. The molecule has 1 N–H and O–H groups in total. The smallest absolute Gasteiger partial charge is 0.223 e. The number of rotatable bonds is 2. The van der Waals surface area contributed by atoms with Gasteiger partial charge in [0.2, 0.25) is 5.91 Å². The largest absolute Gasteiger partial charge is 0.353 e. The van der Waals surface area contributed by atoms with Crippen LogP contribution in [0.4, 0.5) is 0 Å². The molecule has 0 spiro atoms. The molecule has 0 atom stereocenters. The summed E-state index contributed by atoms with van der Waals surface area (Å²) in [5.74, 6) is 0.658. The van der Waals surface area contributed by atoms with Crippen LogP contribution in [0.1, 0.15) is 44.9 Å². The zero-order chi connectivity index (χ0) is 9.97. The molecule has 0 heterocycles. The fourth-order valence-corrected chi connectivity index (χ4v) is 2.72. The van der Waals surface area contributed by atoms with E-state index in [1.807, 2.05) is 0 Å². The van der Waals surface area contributed by atoms with Crippen LogP contribution in [-0.4, -0.2) is 16.8 Å². The molecule has 0 aliphatic heterocycles. The van der Waals surface area contributed by atoms with Gasteiger partial charge in [-0.1, -0.05) is 22.4 Å². The molecular weight excluding hydrogens is 242 g/mol. The van der Waals surface area contributed by atoms with Crippen LogP contribution in [0.2, 0.25) is 0 Å². The van der Waals surface area contributed by atoms with Crippen molar-refractivity contribution in [3.05, 3.63) is 0 Å². The quantitative estimate of drug-likeness (QED) is 0.760. The van der Waals surface area contributed by atoms with E-state index in [4.69, 9.17) is 0 Å². The minimum Gasteiger partial charge on any atom is -0.353 e. The second kappa shape index (κ2) is 4.65. The van der Waals surface area contributed by atoms with Gasteiger partial charge in [-0.05, 0) is 38.5 Å². The SMILES string of the molecule is O=C(NC1CCC(Br)CC1)C1CCC1. The van der Waals surface area contributed by atoms with E-state index in [0.717, 1.165) is 25.7 Å². The third kappa shape index (κ3) is 2.50. The Morgan fingerprint density at radius 1 is 1.07 bits per heavy atom. The molecular formula is C11H18BrNO. The summed E-state index contributed by atoms with van der Waals surface area (Å²) in [5.41, 5.74) is 0. The number of hydrogen-bond donors (Lipinski definition) is 1. The summed E-state index contributed by atoms with van der Waals surface area (Å²) in [6.07, 6.45) is 8.17. The van der Waals surface area contributed by atoms with Crippen molar-refractivity contribution in [3.63, 3.8) is 0 Å². The van der Waals surface area contributed by atoms with E-state index < -0.39 is 0 Å². The Morgan fingerprint density at radius 3 is 2.21 bits per heavy atom. The molecule has 2 nitrogen and oxygen atoms in total. The number of alkyl halides is 1. The van der Waals surface area contributed by atoms with Gasteiger partial charge < -0.3 is 5.32 Å². The van der Waals surface area contributed by atoms with Crippen LogP contribution in [0.5, 0.6) is 0 Å². The summed E-state index contributed by atoms with van der Waals surface area (Å²) in [6, 6.07) is 0.455. The van der Waals surface area contributed by atoms with E-state index in [1.54, 1.807) is 0 Å². The average molecular weight is 260 g/mol. The fraction of sp³-hybridized carbons (Fsp3) is 0.909. The standard InChI is InChI=1S/C11H18BrNO/c12-9-4-6-10(7-5-9)13-11(14)8-2-1-3-8/h8-10H,1-7H2,(H,13,14). The molecule has 14 heavy (non-hydrogen) atoms. The van der Waals surface area contributed by atoms with Gasteiger partial charge in [0.15, 0.2) is 0 Å². The summed E-state index contributed by atoms with van der Waals surface area (Å²) >= 11 is 3.62. The summed E-state index contributed by atoms with van der Waals surface area (Å²) in [5, 5.41) is 3.18. The van der Waals surface area contributed by atoms with Gasteiger partial charge >= 0.3 is 0 Å². The first-order chi connectivity index (χ1) is 6.75. The minimum absolute atomic E-state index is 0.314. The number of carbonyl (C=O) groups excluding carboxylic acids is 1. The highest BCUT2D eigenvalue weighted by atomic mass is 79.9. The minimum atomic E-state index is 0.314. The number of hydrogen-bond acceptors (Lipinski definition) is 1. The highest BCUT2D eigenvalue weighted by Crippen LogP contribution is 2.28. The Hall–Kier alpha value is -0.0500. The summed E-state index contributed by atoms with van der Waals surface area (Å²) < 4.78 is 0. The monoisotopic (exact) mass is 259 g/mol. The van der Waals surface area contributed by atoms with Crippen LogP contribution in [0, 0.1) is 5.92 Å². The van der Waals surface area contributed by atoms with Gasteiger partial charge in [0.05, 0.1) is 0 Å². The molecule has 2 rings (SSSR count). The first kappa shape index (κ1) is 10.5. The lowest BCUT2D eigenvalue weighted by atomic mass is 9.84. The molecule has 2 fully saturated rings. The first-order valence-corrected chi connectivity index (χ1v) is 6.61. The number of halogens is 1. The van der Waals surface area contributed by atoms with E-state index >= 15 is 0 Å². The second-order valence-electron chi connectivity index (χ2n) is 4.59. The highest BCUT2D eigenvalue weighted by Gasteiger charge is 2.28. The Morgan fingerprint density at radius 2 is 1.71 bits per heavy atom. The van der Waals surface area contributed by atoms with Gasteiger partial charge in [-0.25, -0.2) is 0 Å². The van der Waals surface area contributed by atoms with Gasteiger partial charge in [0.25, 0.3) is 0 Å². The van der Waals surface area contributed by atoms with Gasteiger partial charge in [-0.15, -0.1) is 0 Å². The molecule has 0 aromatic carbocycles. The topological polar surface area (TPSA) is 29.1 Å². The van der Waals surface area contributed by atoms with Crippen molar-refractivity contribution in [1.29, 1.82) is 0 Å². The molecule has 2 aliphatic rings. The molecule has 0 aromatic rings.